The van der Waals surface area contributed by atoms with Crippen molar-refractivity contribution < 1.29 is 14.4 Å². The van der Waals surface area contributed by atoms with E-state index in [1.54, 1.807) is 7.11 Å². The summed E-state index contributed by atoms with van der Waals surface area (Å²) in [7, 11) is 1.63. The number of hydrogen-bond donors (Lipinski definition) is 2. The zero-order valence-electron chi connectivity index (χ0n) is 13.5. The molecule has 0 radical (unpaired) electrons. The maximum absolute atomic E-state index is 9.03. The summed E-state index contributed by atoms with van der Waals surface area (Å²) in [6, 6.07) is 17.7. The molecule has 0 saturated carbocycles. The van der Waals surface area contributed by atoms with Crippen LogP contribution in [0, 0.1) is 0 Å². The van der Waals surface area contributed by atoms with Crippen molar-refractivity contribution in [3.05, 3.63) is 65.9 Å². The van der Waals surface area contributed by atoms with Gasteiger partial charge in [0.25, 0.3) is 0 Å². The monoisotopic (exact) mass is 324 g/mol. The van der Waals surface area contributed by atoms with E-state index in [2.05, 4.69) is 10.5 Å². The van der Waals surface area contributed by atoms with E-state index in [9.17, 15) is 0 Å². The van der Waals surface area contributed by atoms with Gasteiger partial charge in [0.15, 0.2) is 5.76 Å². The first kappa shape index (κ1) is 16.1. The molecule has 0 amide bonds. The van der Waals surface area contributed by atoms with Crippen LogP contribution in [0.2, 0.25) is 0 Å². The van der Waals surface area contributed by atoms with E-state index in [-0.39, 0.29) is 6.61 Å². The summed E-state index contributed by atoms with van der Waals surface area (Å²) in [5.41, 5.74) is 3.75. The zero-order valence-corrected chi connectivity index (χ0v) is 13.5. The minimum absolute atomic E-state index is 0.121. The Morgan fingerprint density at radius 1 is 1.12 bits per heavy atom. The molecule has 0 aliphatic carbocycles. The number of methoxy groups -OCH3 is 1. The number of aliphatic hydroxyl groups is 1. The second kappa shape index (κ2) is 7.66. The van der Waals surface area contributed by atoms with E-state index in [0.29, 0.717) is 13.0 Å². The smallest absolute Gasteiger partial charge is 0.156 e. The maximum atomic E-state index is 9.03. The topological polar surface area (TPSA) is 67.5 Å². The lowest BCUT2D eigenvalue weighted by atomic mass is 10.1. The van der Waals surface area contributed by atoms with Gasteiger partial charge in [-0.05, 0) is 24.1 Å². The van der Waals surface area contributed by atoms with Gasteiger partial charge in [-0.25, -0.2) is 0 Å². The van der Waals surface area contributed by atoms with Crippen molar-refractivity contribution >= 4 is 5.69 Å². The van der Waals surface area contributed by atoms with E-state index in [1.807, 2.05) is 54.6 Å². The molecule has 0 fully saturated rings. The molecule has 0 spiro atoms. The Morgan fingerprint density at radius 3 is 2.71 bits per heavy atom. The molecule has 124 valence electrons. The summed E-state index contributed by atoms with van der Waals surface area (Å²) in [6.07, 6.45) is 0.610. The minimum atomic E-state index is 0.121. The lowest BCUT2D eigenvalue weighted by molar-refractivity contribution is 0.299. The second-order valence-electron chi connectivity index (χ2n) is 5.41. The highest BCUT2D eigenvalue weighted by atomic mass is 16.5. The van der Waals surface area contributed by atoms with Crippen LogP contribution in [-0.2, 0) is 13.0 Å². The fourth-order valence-electron chi connectivity index (χ4n) is 2.49. The molecule has 5 heteroatoms. The van der Waals surface area contributed by atoms with E-state index in [1.165, 1.54) is 0 Å². The van der Waals surface area contributed by atoms with Gasteiger partial charge in [0.1, 0.15) is 11.4 Å². The predicted octanol–water partition coefficient (Wildman–Crippen LogP) is 3.50. The van der Waals surface area contributed by atoms with E-state index in [0.717, 1.165) is 34.0 Å². The number of aliphatic hydroxyl groups excluding tert-OH is 1. The molecule has 0 saturated heterocycles. The quantitative estimate of drug-likeness (QED) is 0.696. The summed E-state index contributed by atoms with van der Waals surface area (Å²) < 4.78 is 10.8. The van der Waals surface area contributed by atoms with Gasteiger partial charge < -0.3 is 19.7 Å². The molecule has 2 N–H and O–H groups in total. The summed E-state index contributed by atoms with van der Waals surface area (Å²) in [5, 5.41) is 16.4. The molecule has 3 aromatic rings. The van der Waals surface area contributed by atoms with Crippen LogP contribution in [0.4, 0.5) is 5.69 Å². The van der Waals surface area contributed by atoms with Gasteiger partial charge in [-0.15, -0.1) is 0 Å². The molecule has 2 aromatic carbocycles. The molecule has 0 aliphatic heterocycles. The zero-order chi connectivity index (χ0) is 16.8. The summed E-state index contributed by atoms with van der Waals surface area (Å²) in [5.74, 6) is 1.49. The third-order valence-corrected chi connectivity index (χ3v) is 3.75. The number of aromatic nitrogens is 1. The first-order chi connectivity index (χ1) is 11.8. The van der Waals surface area contributed by atoms with E-state index in [4.69, 9.17) is 14.4 Å². The molecule has 0 bridgehead atoms. The number of nitrogens with zero attached hydrogens (tertiary/aromatic N) is 1. The number of nitrogens with one attached hydrogen (secondary N) is 1. The van der Waals surface area contributed by atoms with Crippen molar-refractivity contribution in [1.29, 1.82) is 0 Å². The highest BCUT2D eigenvalue weighted by Gasteiger charge is 2.08. The lowest BCUT2D eigenvalue weighted by Gasteiger charge is -2.11. The SMILES string of the molecule is COc1cc(CCO)ccc1NCc1cc(-c2ccccc2)no1. The molecule has 5 nitrogen and oxygen atoms in total. The van der Waals surface area contributed by atoms with Gasteiger partial charge in [0.05, 0.1) is 19.3 Å². The Hall–Kier alpha value is -2.79. The third-order valence-electron chi connectivity index (χ3n) is 3.75. The van der Waals surface area contributed by atoms with Crippen molar-refractivity contribution in [2.45, 2.75) is 13.0 Å². The van der Waals surface area contributed by atoms with Gasteiger partial charge in [0.2, 0.25) is 0 Å². The van der Waals surface area contributed by atoms with Gasteiger partial charge in [-0.3, -0.25) is 0 Å². The molecule has 1 aromatic heterocycles. The Kier molecular flexibility index (Phi) is 5.13. The van der Waals surface area contributed by atoms with Crippen molar-refractivity contribution in [1.82, 2.24) is 5.16 Å². The molecule has 1 heterocycles. The number of benzene rings is 2. The Balaban J connectivity index is 1.69. The van der Waals surface area contributed by atoms with Crippen molar-refractivity contribution in [2.24, 2.45) is 0 Å². The van der Waals surface area contributed by atoms with Crippen LogP contribution in [0.25, 0.3) is 11.3 Å². The van der Waals surface area contributed by atoms with Crippen LogP contribution >= 0.6 is 0 Å². The fraction of sp³-hybridized carbons (Fsp3) is 0.211. The van der Waals surface area contributed by atoms with Gasteiger partial charge in [-0.2, -0.15) is 0 Å². The number of hydrogen-bond acceptors (Lipinski definition) is 5. The molecular formula is C19H20N2O3. The summed E-state index contributed by atoms with van der Waals surface area (Å²) in [6.45, 7) is 0.631. The maximum Gasteiger partial charge on any atom is 0.156 e. The van der Waals surface area contributed by atoms with Gasteiger partial charge in [0, 0.05) is 18.2 Å². The number of anilines is 1. The van der Waals surface area contributed by atoms with Crippen LogP contribution in [0.15, 0.2) is 59.1 Å². The highest BCUT2D eigenvalue weighted by Crippen LogP contribution is 2.27. The van der Waals surface area contributed by atoms with E-state index < -0.39 is 0 Å². The fourth-order valence-corrected chi connectivity index (χ4v) is 2.49. The van der Waals surface area contributed by atoms with Crippen LogP contribution in [0.5, 0.6) is 5.75 Å². The molecular weight excluding hydrogens is 304 g/mol. The Morgan fingerprint density at radius 2 is 1.96 bits per heavy atom. The second-order valence-corrected chi connectivity index (χ2v) is 5.41. The van der Waals surface area contributed by atoms with Crippen molar-refractivity contribution in [3.8, 4) is 17.0 Å². The number of ether oxygens (including phenoxy) is 1. The summed E-state index contributed by atoms with van der Waals surface area (Å²) >= 11 is 0. The van der Waals surface area contributed by atoms with Crippen LogP contribution in [0.3, 0.4) is 0 Å². The largest absolute Gasteiger partial charge is 0.495 e. The van der Waals surface area contributed by atoms with Gasteiger partial charge in [-0.1, -0.05) is 41.6 Å². The Bertz CT molecular complexity index is 784. The third kappa shape index (κ3) is 3.75. The standard InChI is InChI=1S/C19H20N2O3/c1-23-19-11-14(9-10-22)7-8-17(19)20-13-16-12-18(21-24-16)15-5-3-2-4-6-15/h2-8,11-12,20,22H,9-10,13H2,1H3. The average Bonchev–Trinajstić information content (AvgIpc) is 3.10. The Labute approximate surface area is 140 Å². The normalized spacial score (nSPS) is 10.6. The van der Waals surface area contributed by atoms with Gasteiger partial charge >= 0.3 is 0 Å². The minimum Gasteiger partial charge on any atom is -0.495 e. The highest BCUT2D eigenvalue weighted by molar-refractivity contribution is 5.60. The van der Waals surface area contributed by atoms with Crippen LogP contribution in [-0.4, -0.2) is 24.0 Å². The first-order valence-corrected chi connectivity index (χ1v) is 7.83. The molecule has 24 heavy (non-hydrogen) atoms. The van der Waals surface area contributed by atoms with Crippen molar-refractivity contribution in [3.63, 3.8) is 0 Å². The average molecular weight is 324 g/mol. The molecule has 0 unspecified atom stereocenters. The number of rotatable bonds is 7. The molecule has 0 atom stereocenters. The van der Waals surface area contributed by atoms with Crippen LogP contribution < -0.4 is 10.1 Å². The molecule has 0 aliphatic rings. The molecule has 3 rings (SSSR count). The van der Waals surface area contributed by atoms with E-state index >= 15 is 0 Å². The first-order valence-electron chi connectivity index (χ1n) is 7.83. The summed E-state index contributed by atoms with van der Waals surface area (Å²) in [4.78, 5) is 0. The van der Waals surface area contributed by atoms with Crippen LogP contribution in [0.1, 0.15) is 11.3 Å². The van der Waals surface area contributed by atoms with Crippen molar-refractivity contribution in [2.75, 3.05) is 19.0 Å². The predicted molar refractivity (Wildman–Crippen MR) is 93.0 cm³/mol. The lowest BCUT2D eigenvalue weighted by Crippen LogP contribution is -2.01.